The largest absolute Gasteiger partial charge is 0.460 e. The first-order valence-electron chi connectivity index (χ1n) is 15.1. The third-order valence-corrected chi connectivity index (χ3v) is 8.79. The Labute approximate surface area is 250 Å². The average molecular weight is 594 g/mol. The van der Waals surface area contributed by atoms with Crippen LogP contribution in [0.15, 0.2) is 59.0 Å². The third kappa shape index (κ3) is 7.08. The number of nitrogens with one attached hydrogen (secondary N) is 1. The maximum atomic E-state index is 13.9. The van der Waals surface area contributed by atoms with Crippen LogP contribution < -0.4 is 11.1 Å². The Bertz CT molecular complexity index is 1400. The van der Waals surface area contributed by atoms with Gasteiger partial charge in [-0.15, -0.1) is 0 Å². The zero-order valence-electron chi connectivity index (χ0n) is 24.5. The minimum atomic E-state index is -0.682. The van der Waals surface area contributed by atoms with Crippen LogP contribution in [-0.4, -0.2) is 68.3 Å². The lowest BCUT2D eigenvalue weighted by atomic mass is 9.78. The molecule has 3 aromatic rings. The van der Waals surface area contributed by atoms with Crippen LogP contribution in [0.25, 0.3) is 11.0 Å². The molecule has 1 saturated carbocycles. The second kappa shape index (κ2) is 14.1. The quantitative estimate of drug-likeness (QED) is 0.235. The SMILES string of the molecule is COCCCOC(=O)c1cc2cc(NC(=O)[C@@H]3[C@@H](c4ccccc4)CCN3C(=O)[C@H]3CC[C@H]([C@H](N)CF)CC3)ccc2o1. The Hall–Kier alpha value is -3.76. The van der Waals surface area contributed by atoms with Gasteiger partial charge in [-0.1, -0.05) is 30.3 Å². The molecule has 0 radical (unpaired) electrons. The summed E-state index contributed by atoms with van der Waals surface area (Å²) >= 11 is 0. The molecule has 2 heterocycles. The van der Waals surface area contributed by atoms with Gasteiger partial charge < -0.3 is 29.8 Å². The summed E-state index contributed by atoms with van der Waals surface area (Å²) in [6.07, 6.45) is 3.96. The predicted octanol–water partition coefficient (Wildman–Crippen LogP) is 5.05. The first-order chi connectivity index (χ1) is 20.9. The maximum absolute atomic E-state index is 13.9. The number of benzene rings is 2. The molecule has 2 aliphatic rings. The van der Waals surface area contributed by atoms with Gasteiger partial charge in [-0.05, 0) is 67.9 Å². The summed E-state index contributed by atoms with van der Waals surface area (Å²) in [5, 5.41) is 3.66. The summed E-state index contributed by atoms with van der Waals surface area (Å²) in [6.45, 7) is 0.636. The number of halogens is 1. The Kier molecular flexibility index (Phi) is 10.1. The topological polar surface area (TPSA) is 124 Å². The monoisotopic (exact) mass is 593 g/mol. The fourth-order valence-electron chi connectivity index (χ4n) is 6.45. The van der Waals surface area contributed by atoms with E-state index in [-0.39, 0.29) is 41.9 Å². The van der Waals surface area contributed by atoms with E-state index in [0.717, 1.165) is 5.56 Å². The molecule has 3 atom stereocenters. The fraction of sp³-hybridized carbons (Fsp3) is 0.485. The zero-order chi connectivity index (χ0) is 30.3. The third-order valence-electron chi connectivity index (χ3n) is 8.79. The Morgan fingerprint density at radius 3 is 2.53 bits per heavy atom. The van der Waals surface area contributed by atoms with E-state index in [1.807, 2.05) is 30.3 Å². The summed E-state index contributed by atoms with van der Waals surface area (Å²) in [5.74, 6) is -1.06. The Morgan fingerprint density at radius 2 is 1.81 bits per heavy atom. The van der Waals surface area contributed by atoms with Crippen LogP contribution in [0.5, 0.6) is 0 Å². The van der Waals surface area contributed by atoms with Crippen molar-refractivity contribution < 1.29 is 32.7 Å². The number of ether oxygens (including phenoxy) is 2. The molecular formula is C33H40FN3O6. The lowest BCUT2D eigenvalue weighted by molar-refractivity contribution is -0.141. The van der Waals surface area contributed by atoms with Crippen LogP contribution in [0.2, 0.25) is 0 Å². The first kappa shape index (κ1) is 30.7. The number of esters is 1. The molecule has 5 rings (SSSR count). The lowest BCUT2D eigenvalue weighted by Gasteiger charge is -2.35. The molecule has 3 N–H and O–H groups in total. The van der Waals surface area contributed by atoms with Gasteiger partial charge in [0, 0.05) is 55.6 Å². The number of hydrogen-bond acceptors (Lipinski definition) is 7. The average Bonchev–Trinajstić information content (AvgIpc) is 3.68. The number of rotatable bonds is 11. The number of fused-ring (bicyclic) bond motifs is 1. The summed E-state index contributed by atoms with van der Waals surface area (Å²) in [7, 11) is 1.58. The van der Waals surface area contributed by atoms with Gasteiger partial charge in [0.2, 0.25) is 17.6 Å². The van der Waals surface area contributed by atoms with Crippen LogP contribution in [-0.2, 0) is 19.1 Å². The molecule has 0 unspecified atom stereocenters. The van der Waals surface area contributed by atoms with E-state index in [1.165, 1.54) is 0 Å². The fourth-order valence-corrected chi connectivity index (χ4v) is 6.45. The van der Waals surface area contributed by atoms with E-state index in [9.17, 15) is 18.8 Å². The summed E-state index contributed by atoms with van der Waals surface area (Å²) < 4.78 is 29.0. The molecular weight excluding hydrogens is 553 g/mol. The van der Waals surface area contributed by atoms with Crippen molar-refractivity contribution in [1.82, 2.24) is 4.90 Å². The maximum Gasteiger partial charge on any atom is 0.374 e. The standard InChI is InChI=1S/C33H40FN3O6/c1-41-16-5-17-42-33(40)29-19-24-18-25(12-13-28(24)43-29)36-31(38)30-26(21-6-3-2-4-7-21)14-15-37(30)32(39)23-10-8-22(9-11-23)27(35)20-34/h2-4,6-7,12-13,18-19,22-23,26-27,30H,5,8-11,14-17,20,35H2,1H3,(H,36,38)/t22-,23-,26-,27-,30+/m1/s1. The highest BCUT2D eigenvalue weighted by atomic mass is 19.1. The second-order valence-corrected chi connectivity index (χ2v) is 11.5. The summed E-state index contributed by atoms with van der Waals surface area (Å²) in [6, 6.07) is 15.4. The number of alkyl halides is 1. The minimum absolute atomic E-state index is 0.0233. The lowest BCUT2D eigenvalue weighted by Crippen LogP contribution is -2.48. The number of nitrogens with two attached hydrogens (primary N) is 1. The molecule has 2 amide bonds. The number of methoxy groups -OCH3 is 1. The number of furan rings is 1. The number of anilines is 1. The molecule has 2 aromatic carbocycles. The van der Waals surface area contributed by atoms with E-state index in [0.29, 0.717) is 68.3 Å². The molecule has 43 heavy (non-hydrogen) atoms. The van der Waals surface area contributed by atoms with Crippen molar-refractivity contribution in [2.45, 2.75) is 56.5 Å². The van der Waals surface area contributed by atoms with E-state index in [4.69, 9.17) is 19.6 Å². The van der Waals surface area contributed by atoms with Crippen molar-refractivity contribution in [3.63, 3.8) is 0 Å². The van der Waals surface area contributed by atoms with E-state index in [2.05, 4.69) is 5.32 Å². The van der Waals surface area contributed by atoms with Gasteiger partial charge in [0.25, 0.3) is 0 Å². The highest BCUT2D eigenvalue weighted by Crippen LogP contribution is 2.38. The molecule has 2 fully saturated rings. The van der Waals surface area contributed by atoms with Crippen LogP contribution in [0.4, 0.5) is 10.1 Å². The van der Waals surface area contributed by atoms with Crippen molar-refractivity contribution in [3.8, 4) is 0 Å². The van der Waals surface area contributed by atoms with Gasteiger partial charge in [0.15, 0.2) is 0 Å². The molecule has 1 aliphatic heterocycles. The van der Waals surface area contributed by atoms with Crippen molar-refractivity contribution in [1.29, 1.82) is 0 Å². The van der Waals surface area contributed by atoms with E-state index in [1.54, 1.807) is 36.3 Å². The summed E-state index contributed by atoms with van der Waals surface area (Å²) in [5.41, 5.74) is 7.96. The predicted molar refractivity (Wildman–Crippen MR) is 160 cm³/mol. The Morgan fingerprint density at radius 1 is 1.05 bits per heavy atom. The molecule has 0 spiro atoms. The van der Waals surface area contributed by atoms with Crippen LogP contribution in [0, 0.1) is 11.8 Å². The normalized spacial score (nSPS) is 22.8. The van der Waals surface area contributed by atoms with Gasteiger partial charge in [-0.25, -0.2) is 9.18 Å². The summed E-state index contributed by atoms with van der Waals surface area (Å²) in [4.78, 5) is 41.9. The highest BCUT2D eigenvalue weighted by Gasteiger charge is 2.44. The number of likely N-dealkylation sites (tertiary alicyclic amines) is 1. The Balaban J connectivity index is 1.31. The number of hydrogen-bond donors (Lipinski definition) is 2. The molecule has 1 aromatic heterocycles. The van der Waals surface area contributed by atoms with E-state index >= 15 is 0 Å². The first-order valence-corrected chi connectivity index (χ1v) is 15.1. The molecule has 9 nitrogen and oxygen atoms in total. The number of amides is 2. The van der Waals surface area contributed by atoms with Crippen molar-refractivity contribution in [2.75, 3.05) is 38.9 Å². The smallest absolute Gasteiger partial charge is 0.374 e. The number of carbonyl (C=O) groups is 3. The highest BCUT2D eigenvalue weighted by molar-refractivity contribution is 6.00. The molecule has 1 saturated heterocycles. The van der Waals surface area contributed by atoms with Gasteiger partial charge in [-0.3, -0.25) is 9.59 Å². The van der Waals surface area contributed by atoms with Gasteiger partial charge in [0.05, 0.1) is 6.61 Å². The van der Waals surface area contributed by atoms with Crippen LogP contribution in [0.1, 0.15) is 60.6 Å². The second-order valence-electron chi connectivity index (χ2n) is 11.5. The van der Waals surface area contributed by atoms with Gasteiger partial charge in [0.1, 0.15) is 18.3 Å². The van der Waals surface area contributed by atoms with Gasteiger partial charge >= 0.3 is 5.97 Å². The van der Waals surface area contributed by atoms with Gasteiger partial charge in [-0.2, -0.15) is 0 Å². The number of nitrogens with zero attached hydrogens (tertiary/aromatic N) is 1. The molecule has 0 bridgehead atoms. The minimum Gasteiger partial charge on any atom is -0.460 e. The van der Waals surface area contributed by atoms with Crippen molar-refractivity contribution in [2.24, 2.45) is 17.6 Å². The number of carbonyl (C=O) groups excluding carboxylic acids is 3. The van der Waals surface area contributed by atoms with Crippen molar-refractivity contribution in [3.05, 3.63) is 65.9 Å². The van der Waals surface area contributed by atoms with E-state index < -0.39 is 24.7 Å². The zero-order valence-corrected chi connectivity index (χ0v) is 24.5. The van der Waals surface area contributed by atoms with Crippen LogP contribution in [0.3, 0.4) is 0 Å². The van der Waals surface area contributed by atoms with Crippen molar-refractivity contribution >= 4 is 34.4 Å². The molecule has 230 valence electrons. The molecule has 1 aliphatic carbocycles. The molecule has 10 heteroatoms. The van der Waals surface area contributed by atoms with Crippen LogP contribution >= 0.6 is 0 Å².